The van der Waals surface area contributed by atoms with Gasteiger partial charge in [-0.15, -0.1) is 0 Å². The lowest BCUT2D eigenvalue weighted by Crippen LogP contribution is -2.61. The summed E-state index contributed by atoms with van der Waals surface area (Å²) in [5.41, 5.74) is 0. The lowest BCUT2D eigenvalue weighted by molar-refractivity contribution is -0.301. The molecule has 6 unspecified atom stereocenters. The highest BCUT2D eigenvalue weighted by atomic mass is 16.7. The second-order valence-electron chi connectivity index (χ2n) is 23.4. The van der Waals surface area contributed by atoms with Crippen LogP contribution in [-0.4, -0.2) is 89.2 Å². The summed E-state index contributed by atoms with van der Waals surface area (Å²) in [5, 5.41) is 31.6. The van der Waals surface area contributed by atoms with Crippen molar-refractivity contribution < 1.29 is 58.2 Å². The summed E-state index contributed by atoms with van der Waals surface area (Å²) in [6.45, 7) is 5.91. The second-order valence-corrected chi connectivity index (χ2v) is 23.4. The molecule has 3 N–H and O–H groups in total. The summed E-state index contributed by atoms with van der Waals surface area (Å²) in [4.78, 5) is 51.4. The van der Waals surface area contributed by atoms with Crippen molar-refractivity contribution >= 4 is 23.9 Å². The van der Waals surface area contributed by atoms with Crippen LogP contribution in [0, 0.1) is 0 Å². The molecular weight excluding hydrogens is 1040 g/mol. The highest BCUT2D eigenvalue weighted by Crippen LogP contribution is 2.27. The fourth-order valence-corrected chi connectivity index (χ4v) is 10.4. The third-order valence-corrected chi connectivity index (χ3v) is 15.6. The van der Waals surface area contributed by atoms with Gasteiger partial charge in [-0.1, -0.05) is 274 Å². The standard InChI is InChI=1S/C71H124O12/c1-4-7-10-13-16-19-22-25-28-31-32-35-36-39-42-45-48-51-54-57-63(72)79-60-62(81-64(73)58-55-52-49-46-43-40-37-33-29-26-23-20-17-14-11-8-5-2)61-80-71-69(67(76)66(75)68(83-71)70(77)78)82-65(74)59-56-53-50-47-44-41-38-34-30-27-24-21-18-15-12-9-6-3/h9,12,16,18-19,21,25,27-28,30,62,66-69,71,75-76H,4-8,10-11,13-15,17,20,22-24,26,29,31-61H2,1-3H3,(H,77,78)/b12-9-,19-16-,21-18-,28-25-,30-27-. The van der Waals surface area contributed by atoms with Crippen LogP contribution < -0.4 is 0 Å². The number of aliphatic carboxylic acids is 1. The number of carbonyl (C=O) groups is 4. The number of aliphatic hydroxyl groups excluding tert-OH is 2. The summed E-state index contributed by atoms with van der Waals surface area (Å²) in [5.74, 6) is -3.11. The zero-order valence-electron chi connectivity index (χ0n) is 53.2. The van der Waals surface area contributed by atoms with E-state index in [2.05, 4.69) is 81.5 Å². The lowest BCUT2D eigenvalue weighted by Gasteiger charge is -2.40. The Bertz CT molecular complexity index is 1670. The molecular formula is C71H124O12. The minimum atomic E-state index is -1.91. The van der Waals surface area contributed by atoms with Crippen LogP contribution in [0.1, 0.15) is 316 Å². The van der Waals surface area contributed by atoms with Crippen molar-refractivity contribution in [2.75, 3.05) is 13.2 Å². The van der Waals surface area contributed by atoms with Crippen LogP contribution in [0.25, 0.3) is 0 Å². The molecule has 0 aromatic heterocycles. The van der Waals surface area contributed by atoms with Gasteiger partial charge < -0.3 is 39.0 Å². The van der Waals surface area contributed by atoms with Gasteiger partial charge in [0.05, 0.1) is 6.61 Å². The summed E-state index contributed by atoms with van der Waals surface area (Å²) in [6.07, 6.45) is 61.7. The fraction of sp³-hybridized carbons (Fsp3) is 0.803. The van der Waals surface area contributed by atoms with Crippen LogP contribution in [-0.2, 0) is 42.9 Å². The van der Waals surface area contributed by atoms with Crippen molar-refractivity contribution in [1.82, 2.24) is 0 Å². The average molecular weight is 1170 g/mol. The van der Waals surface area contributed by atoms with E-state index in [1.165, 1.54) is 141 Å². The van der Waals surface area contributed by atoms with Gasteiger partial charge in [0, 0.05) is 19.3 Å². The summed E-state index contributed by atoms with van der Waals surface area (Å²) < 4.78 is 28.6. The first-order chi connectivity index (χ1) is 40.6. The molecule has 0 radical (unpaired) electrons. The van der Waals surface area contributed by atoms with E-state index >= 15 is 0 Å². The number of unbranched alkanes of at least 4 members (excludes halogenated alkanes) is 35. The van der Waals surface area contributed by atoms with Gasteiger partial charge in [0.25, 0.3) is 0 Å². The third kappa shape index (κ3) is 48.3. The van der Waals surface area contributed by atoms with E-state index in [-0.39, 0.29) is 25.9 Å². The molecule has 1 fully saturated rings. The summed E-state index contributed by atoms with van der Waals surface area (Å²) >= 11 is 0. The minimum absolute atomic E-state index is 0.0500. The molecule has 1 rings (SSSR count). The van der Waals surface area contributed by atoms with Crippen LogP contribution in [0.5, 0.6) is 0 Å². The van der Waals surface area contributed by atoms with Gasteiger partial charge in [-0.2, -0.15) is 0 Å². The Labute approximate surface area is 506 Å². The predicted octanol–water partition coefficient (Wildman–Crippen LogP) is 18.7. The first-order valence-electron chi connectivity index (χ1n) is 34.3. The Hall–Kier alpha value is -3.58. The molecule has 1 aliphatic rings. The number of carbonyl (C=O) groups excluding carboxylic acids is 3. The number of hydrogen-bond acceptors (Lipinski definition) is 11. The second kappa shape index (κ2) is 58.8. The molecule has 0 aliphatic carbocycles. The normalized spacial score (nSPS) is 17.9. The molecule has 0 aromatic carbocycles. The average Bonchev–Trinajstić information content (AvgIpc) is 3.55. The number of allylic oxidation sites excluding steroid dienone is 10. The maximum absolute atomic E-state index is 13.2. The van der Waals surface area contributed by atoms with Crippen LogP contribution in [0.4, 0.5) is 0 Å². The van der Waals surface area contributed by atoms with E-state index in [9.17, 15) is 34.5 Å². The van der Waals surface area contributed by atoms with Gasteiger partial charge in [0.15, 0.2) is 24.6 Å². The summed E-state index contributed by atoms with van der Waals surface area (Å²) in [7, 11) is 0. The SMILES string of the molecule is CC/C=C\C/C=C\C/C=C\CCCCCCCCCC(=O)OC1C(OCC(COC(=O)CCCCCCCCCCC/C=C\C/C=C\CCCCC)OC(=O)CCCCCCCCCCCCCCCCCCC)OC(C(=O)O)C(O)C1O. The largest absolute Gasteiger partial charge is 0.479 e. The first kappa shape index (κ1) is 77.4. The summed E-state index contributed by atoms with van der Waals surface area (Å²) in [6, 6.07) is 0. The van der Waals surface area contributed by atoms with Crippen molar-refractivity contribution in [2.45, 2.75) is 353 Å². The topological polar surface area (TPSA) is 175 Å². The molecule has 1 saturated heterocycles. The molecule has 480 valence electrons. The quantitative estimate of drug-likeness (QED) is 0.0228. The smallest absolute Gasteiger partial charge is 0.335 e. The van der Waals surface area contributed by atoms with E-state index < -0.39 is 67.3 Å². The van der Waals surface area contributed by atoms with Gasteiger partial charge in [-0.3, -0.25) is 14.4 Å². The van der Waals surface area contributed by atoms with E-state index in [4.69, 9.17) is 23.7 Å². The molecule has 0 saturated carbocycles. The highest BCUT2D eigenvalue weighted by molar-refractivity contribution is 5.74. The first-order valence-corrected chi connectivity index (χ1v) is 34.3. The van der Waals surface area contributed by atoms with Gasteiger partial charge in [-0.25, -0.2) is 4.79 Å². The number of aliphatic hydroxyl groups is 2. The molecule has 1 aliphatic heterocycles. The molecule has 12 heteroatoms. The fourth-order valence-electron chi connectivity index (χ4n) is 10.4. The molecule has 0 bridgehead atoms. The molecule has 0 amide bonds. The van der Waals surface area contributed by atoms with E-state index in [1.54, 1.807) is 0 Å². The minimum Gasteiger partial charge on any atom is -0.479 e. The van der Waals surface area contributed by atoms with Crippen molar-refractivity contribution in [1.29, 1.82) is 0 Å². The van der Waals surface area contributed by atoms with Gasteiger partial charge >= 0.3 is 23.9 Å². The Kier molecular flexibility index (Phi) is 54.8. The number of esters is 3. The van der Waals surface area contributed by atoms with Crippen LogP contribution in [0.2, 0.25) is 0 Å². The van der Waals surface area contributed by atoms with E-state index in [1.807, 2.05) is 0 Å². The molecule has 0 aromatic rings. The van der Waals surface area contributed by atoms with Crippen LogP contribution in [0.15, 0.2) is 60.8 Å². The van der Waals surface area contributed by atoms with Gasteiger partial charge in [-0.05, 0) is 83.5 Å². The molecule has 1 heterocycles. The maximum atomic E-state index is 13.2. The number of hydrogen-bond donors (Lipinski definition) is 3. The van der Waals surface area contributed by atoms with Crippen molar-refractivity contribution in [3.8, 4) is 0 Å². The predicted molar refractivity (Wildman–Crippen MR) is 340 cm³/mol. The maximum Gasteiger partial charge on any atom is 0.335 e. The molecule has 6 atom stereocenters. The van der Waals surface area contributed by atoms with E-state index in [0.717, 1.165) is 116 Å². The van der Waals surface area contributed by atoms with Crippen molar-refractivity contribution in [2.24, 2.45) is 0 Å². The molecule has 83 heavy (non-hydrogen) atoms. The zero-order chi connectivity index (χ0) is 60.3. The molecule has 12 nitrogen and oxygen atoms in total. The van der Waals surface area contributed by atoms with Crippen LogP contribution in [0.3, 0.4) is 0 Å². The number of carboxylic acid groups (broad SMARTS) is 1. The Morgan fingerprint density at radius 1 is 0.410 bits per heavy atom. The third-order valence-electron chi connectivity index (χ3n) is 15.6. The molecule has 0 spiro atoms. The van der Waals surface area contributed by atoms with Crippen LogP contribution >= 0.6 is 0 Å². The van der Waals surface area contributed by atoms with Gasteiger partial charge in [0.2, 0.25) is 0 Å². The Balaban J connectivity index is 2.64. The zero-order valence-corrected chi connectivity index (χ0v) is 53.2. The number of ether oxygens (including phenoxy) is 5. The highest BCUT2D eigenvalue weighted by Gasteiger charge is 2.50. The van der Waals surface area contributed by atoms with Gasteiger partial charge in [0.1, 0.15) is 18.8 Å². The number of carboxylic acids is 1. The van der Waals surface area contributed by atoms with E-state index in [0.29, 0.717) is 19.3 Å². The Morgan fingerprint density at radius 3 is 1.18 bits per heavy atom. The van der Waals surface area contributed by atoms with Crippen molar-refractivity contribution in [3.63, 3.8) is 0 Å². The van der Waals surface area contributed by atoms with Crippen molar-refractivity contribution in [3.05, 3.63) is 60.8 Å². The Morgan fingerprint density at radius 2 is 0.759 bits per heavy atom. The monoisotopic (exact) mass is 1170 g/mol. The number of rotatable bonds is 59. The lowest BCUT2D eigenvalue weighted by atomic mass is 9.98.